The van der Waals surface area contributed by atoms with Gasteiger partial charge in [0.25, 0.3) is 5.69 Å². The molecule has 0 saturated heterocycles. The molecule has 1 saturated carbocycles. The van der Waals surface area contributed by atoms with Gasteiger partial charge in [-0.25, -0.2) is 4.79 Å². The highest BCUT2D eigenvalue weighted by Gasteiger charge is 2.27. The molecule has 0 amide bonds. The van der Waals surface area contributed by atoms with E-state index in [9.17, 15) is 20.0 Å². The van der Waals surface area contributed by atoms with E-state index in [4.69, 9.17) is 11.6 Å². The summed E-state index contributed by atoms with van der Waals surface area (Å²) in [6.07, 6.45) is 5.33. The van der Waals surface area contributed by atoms with Crippen molar-refractivity contribution in [3.05, 3.63) is 32.8 Å². The fourth-order valence-electron chi connectivity index (χ4n) is 2.86. The number of carbonyl (C=O) groups is 1. The van der Waals surface area contributed by atoms with Gasteiger partial charge in [-0.1, -0.05) is 30.9 Å². The normalized spacial score (nSPS) is 15.7. The molecule has 6 nitrogen and oxygen atoms in total. The fraction of sp³-hybridized carbons (Fsp3) is 0.500. The molecule has 0 bridgehead atoms. The molecule has 1 aromatic carbocycles. The Hall–Kier alpha value is -1.82. The summed E-state index contributed by atoms with van der Waals surface area (Å²) in [7, 11) is 1.80. The summed E-state index contributed by atoms with van der Waals surface area (Å²) in [5.74, 6) is -1.21. The molecule has 1 N–H and O–H groups in total. The van der Waals surface area contributed by atoms with Crippen LogP contribution in [0.25, 0.3) is 0 Å². The molecule has 1 aromatic rings. The van der Waals surface area contributed by atoms with Gasteiger partial charge in [-0.15, -0.1) is 0 Å². The van der Waals surface area contributed by atoms with E-state index in [1.807, 2.05) is 4.90 Å². The molecular weight excluding hydrogens is 296 g/mol. The number of hydrogen-bond acceptors (Lipinski definition) is 4. The SMILES string of the molecule is CN(c1c(Cl)cc([N+](=O)[O-])cc1C(=O)O)C1CCCCC1. The third-order valence-electron chi connectivity index (χ3n) is 3.96. The van der Waals surface area contributed by atoms with E-state index >= 15 is 0 Å². The summed E-state index contributed by atoms with van der Waals surface area (Å²) in [5.41, 5.74) is -0.0675. The van der Waals surface area contributed by atoms with Gasteiger partial charge in [0.1, 0.15) is 0 Å². The van der Waals surface area contributed by atoms with Crippen molar-refractivity contribution in [2.24, 2.45) is 0 Å². The third kappa shape index (κ3) is 3.26. The van der Waals surface area contributed by atoms with Gasteiger partial charge < -0.3 is 10.0 Å². The topological polar surface area (TPSA) is 83.7 Å². The maximum atomic E-state index is 11.4. The molecule has 21 heavy (non-hydrogen) atoms. The maximum absolute atomic E-state index is 11.4. The Kier molecular flexibility index (Phi) is 4.67. The van der Waals surface area contributed by atoms with Crippen molar-refractivity contribution < 1.29 is 14.8 Å². The Balaban J connectivity index is 2.45. The second-order valence-corrected chi connectivity index (χ2v) is 5.70. The lowest BCUT2D eigenvalue weighted by molar-refractivity contribution is -0.384. The van der Waals surface area contributed by atoms with Crippen LogP contribution in [-0.2, 0) is 0 Å². The number of nitro benzene ring substituents is 1. The molecule has 0 heterocycles. The smallest absolute Gasteiger partial charge is 0.338 e. The first-order chi connectivity index (χ1) is 9.91. The van der Waals surface area contributed by atoms with Gasteiger partial charge in [-0.05, 0) is 12.8 Å². The van der Waals surface area contributed by atoms with Gasteiger partial charge in [0, 0.05) is 25.2 Å². The van der Waals surface area contributed by atoms with Crippen molar-refractivity contribution in [1.82, 2.24) is 0 Å². The average Bonchev–Trinajstić information content (AvgIpc) is 2.46. The van der Waals surface area contributed by atoms with Crippen LogP contribution >= 0.6 is 11.6 Å². The number of benzene rings is 1. The molecule has 114 valence electrons. The predicted octanol–water partition coefficient (Wildman–Crippen LogP) is 3.72. The van der Waals surface area contributed by atoms with Gasteiger partial charge in [-0.3, -0.25) is 10.1 Å². The van der Waals surface area contributed by atoms with Crippen molar-refractivity contribution in [1.29, 1.82) is 0 Å². The van der Waals surface area contributed by atoms with Gasteiger partial charge >= 0.3 is 5.97 Å². The van der Waals surface area contributed by atoms with Crippen LogP contribution in [0.15, 0.2) is 12.1 Å². The molecule has 0 unspecified atom stereocenters. The van der Waals surface area contributed by atoms with E-state index < -0.39 is 10.9 Å². The molecular formula is C14H17ClN2O4. The van der Waals surface area contributed by atoms with E-state index in [0.29, 0.717) is 5.69 Å². The molecule has 1 fully saturated rings. The first-order valence-electron chi connectivity index (χ1n) is 6.86. The number of nitrogens with zero attached hydrogens (tertiary/aromatic N) is 2. The Morgan fingerprint density at radius 3 is 2.52 bits per heavy atom. The van der Waals surface area contributed by atoms with Crippen molar-refractivity contribution >= 4 is 28.9 Å². The van der Waals surface area contributed by atoms with Crippen molar-refractivity contribution in [2.75, 3.05) is 11.9 Å². The minimum atomic E-state index is -1.21. The van der Waals surface area contributed by atoms with Crippen LogP contribution < -0.4 is 4.90 Å². The highest BCUT2D eigenvalue weighted by atomic mass is 35.5. The Morgan fingerprint density at radius 1 is 1.38 bits per heavy atom. The Morgan fingerprint density at radius 2 is 2.00 bits per heavy atom. The van der Waals surface area contributed by atoms with E-state index in [2.05, 4.69) is 0 Å². The number of carboxylic acids is 1. The molecule has 1 aliphatic carbocycles. The lowest BCUT2D eigenvalue weighted by Gasteiger charge is -2.34. The van der Waals surface area contributed by atoms with E-state index in [-0.39, 0.29) is 22.3 Å². The second-order valence-electron chi connectivity index (χ2n) is 5.29. The largest absolute Gasteiger partial charge is 0.478 e. The van der Waals surface area contributed by atoms with Crippen LogP contribution in [0.1, 0.15) is 42.5 Å². The van der Waals surface area contributed by atoms with Gasteiger partial charge in [0.05, 0.1) is 21.2 Å². The zero-order chi connectivity index (χ0) is 15.6. The predicted molar refractivity (Wildman–Crippen MR) is 80.3 cm³/mol. The van der Waals surface area contributed by atoms with Crippen LogP contribution in [-0.4, -0.2) is 29.1 Å². The highest BCUT2D eigenvalue weighted by Crippen LogP contribution is 2.37. The van der Waals surface area contributed by atoms with Crippen molar-refractivity contribution in [3.8, 4) is 0 Å². The number of rotatable bonds is 4. The van der Waals surface area contributed by atoms with Crippen molar-refractivity contribution in [2.45, 2.75) is 38.1 Å². The molecule has 1 aliphatic rings. The first kappa shape index (κ1) is 15.6. The van der Waals surface area contributed by atoms with Gasteiger partial charge in [0.2, 0.25) is 0 Å². The third-order valence-corrected chi connectivity index (χ3v) is 4.25. The lowest BCUT2D eigenvalue weighted by atomic mass is 9.93. The van der Waals surface area contributed by atoms with Gasteiger partial charge in [-0.2, -0.15) is 0 Å². The van der Waals surface area contributed by atoms with E-state index in [0.717, 1.165) is 31.7 Å². The second kappa shape index (κ2) is 6.30. The van der Waals surface area contributed by atoms with Crippen LogP contribution in [0.3, 0.4) is 0 Å². The standard InChI is InChI=1S/C14H17ClN2O4/c1-16(9-5-3-2-4-6-9)13-11(14(18)19)7-10(17(20)21)8-12(13)15/h7-9H,2-6H2,1H3,(H,18,19). The average molecular weight is 313 g/mol. The number of nitro groups is 1. The van der Waals surface area contributed by atoms with Crippen molar-refractivity contribution in [3.63, 3.8) is 0 Å². The summed E-state index contributed by atoms with van der Waals surface area (Å²) in [5, 5.41) is 20.3. The minimum Gasteiger partial charge on any atom is -0.478 e. The van der Waals surface area contributed by atoms with Crippen LogP contribution in [0.4, 0.5) is 11.4 Å². The quantitative estimate of drug-likeness (QED) is 0.676. The Bertz CT molecular complexity index is 570. The molecule has 0 radical (unpaired) electrons. The number of carboxylic acid groups (broad SMARTS) is 1. The van der Waals surface area contributed by atoms with Crippen LogP contribution in [0, 0.1) is 10.1 Å². The highest BCUT2D eigenvalue weighted by molar-refractivity contribution is 6.34. The minimum absolute atomic E-state index is 0.106. The van der Waals surface area contributed by atoms with Gasteiger partial charge in [0.15, 0.2) is 0 Å². The number of non-ortho nitro benzene ring substituents is 1. The molecule has 0 atom stereocenters. The molecule has 7 heteroatoms. The zero-order valence-corrected chi connectivity index (χ0v) is 12.5. The maximum Gasteiger partial charge on any atom is 0.338 e. The van der Waals surface area contributed by atoms with E-state index in [1.54, 1.807) is 7.05 Å². The summed E-state index contributed by atoms with van der Waals surface area (Å²) in [6, 6.07) is 2.50. The number of anilines is 1. The Labute approximate surface area is 127 Å². The molecule has 0 spiro atoms. The molecule has 0 aliphatic heterocycles. The number of halogens is 1. The zero-order valence-electron chi connectivity index (χ0n) is 11.7. The number of aromatic carboxylic acids is 1. The summed E-state index contributed by atoms with van der Waals surface area (Å²) in [4.78, 5) is 23.5. The summed E-state index contributed by atoms with van der Waals surface area (Å²) in [6.45, 7) is 0. The van der Waals surface area contributed by atoms with Crippen LogP contribution in [0.2, 0.25) is 5.02 Å². The molecule has 0 aromatic heterocycles. The fourth-order valence-corrected chi connectivity index (χ4v) is 3.21. The van der Waals surface area contributed by atoms with E-state index in [1.165, 1.54) is 12.5 Å². The monoisotopic (exact) mass is 312 g/mol. The number of hydrogen-bond donors (Lipinski definition) is 1. The summed E-state index contributed by atoms with van der Waals surface area (Å²) >= 11 is 6.13. The summed E-state index contributed by atoms with van der Waals surface area (Å²) < 4.78 is 0. The van der Waals surface area contributed by atoms with Crippen LogP contribution in [0.5, 0.6) is 0 Å². The first-order valence-corrected chi connectivity index (χ1v) is 7.23. The molecule has 2 rings (SSSR count). The lowest BCUT2D eigenvalue weighted by Crippen LogP contribution is -2.34.